The maximum atomic E-state index is 4.37. The first-order chi connectivity index (χ1) is 8.78. The van der Waals surface area contributed by atoms with Gasteiger partial charge in [-0.15, -0.1) is 11.3 Å². The lowest BCUT2D eigenvalue weighted by Gasteiger charge is -2.15. The zero-order chi connectivity index (χ0) is 12.8. The number of aromatic nitrogens is 2. The molecule has 0 bridgehead atoms. The molecule has 0 fully saturated rings. The van der Waals surface area contributed by atoms with E-state index in [1.807, 2.05) is 24.6 Å². The summed E-state index contributed by atoms with van der Waals surface area (Å²) in [5, 5.41) is 5.09. The van der Waals surface area contributed by atoms with Crippen LogP contribution in [0.3, 0.4) is 0 Å². The average Bonchev–Trinajstić information content (AvgIpc) is 2.90. The fourth-order valence-corrected chi connectivity index (χ4v) is 2.38. The van der Waals surface area contributed by atoms with Gasteiger partial charge in [0, 0.05) is 25.0 Å². The van der Waals surface area contributed by atoms with Crippen LogP contribution in [0.2, 0.25) is 0 Å². The number of nitrogens with one attached hydrogen (secondary N) is 1. The molecule has 0 radical (unpaired) electrons. The molecular weight excluding hydrogens is 244 g/mol. The largest absolute Gasteiger partial charge is 0.372 e. The number of rotatable bonds is 6. The van der Waals surface area contributed by atoms with E-state index >= 15 is 0 Å². The minimum absolute atomic E-state index is 0.806. The van der Waals surface area contributed by atoms with Crippen molar-refractivity contribution in [3.63, 3.8) is 0 Å². The maximum absolute atomic E-state index is 4.37. The molecule has 4 nitrogen and oxygen atoms in total. The van der Waals surface area contributed by atoms with Gasteiger partial charge in [-0.1, -0.05) is 6.07 Å². The molecule has 18 heavy (non-hydrogen) atoms. The first kappa shape index (κ1) is 13.0. The number of hydrogen-bond donors (Lipinski definition) is 1. The third kappa shape index (κ3) is 3.78. The van der Waals surface area contributed by atoms with Crippen molar-refractivity contribution in [2.24, 2.45) is 0 Å². The van der Waals surface area contributed by atoms with Crippen molar-refractivity contribution < 1.29 is 0 Å². The summed E-state index contributed by atoms with van der Waals surface area (Å²) in [5.74, 6) is 0.806. The highest BCUT2D eigenvalue weighted by atomic mass is 32.1. The molecule has 2 heterocycles. The lowest BCUT2D eigenvalue weighted by Crippen LogP contribution is -2.21. The summed E-state index contributed by atoms with van der Waals surface area (Å²) < 4.78 is 0. The summed E-state index contributed by atoms with van der Waals surface area (Å²) in [6.07, 6.45) is 4.69. The van der Waals surface area contributed by atoms with E-state index in [1.165, 1.54) is 4.88 Å². The predicted molar refractivity (Wildman–Crippen MR) is 75.9 cm³/mol. The van der Waals surface area contributed by atoms with Crippen molar-refractivity contribution in [1.82, 2.24) is 14.9 Å². The van der Waals surface area contributed by atoms with Crippen molar-refractivity contribution in [3.8, 4) is 0 Å². The van der Waals surface area contributed by atoms with Gasteiger partial charge in [0.05, 0.1) is 18.1 Å². The normalized spacial score (nSPS) is 10.8. The van der Waals surface area contributed by atoms with Gasteiger partial charge in [-0.2, -0.15) is 0 Å². The van der Waals surface area contributed by atoms with Crippen molar-refractivity contribution in [2.75, 3.05) is 26.0 Å². The van der Waals surface area contributed by atoms with Gasteiger partial charge in [0.15, 0.2) is 0 Å². The Balaban J connectivity index is 1.80. The second-order valence-electron chi connectivity index (χ2n) is 4.21. The smallest absolute Gasteiger partial charge is 0.144 e. The van der Waals surface area contributed by atoms with Gasteiger partial charge in [0.1, 0.15) is 5.82 Å². The highest BCUT2D eigenvalue weighted by Gasteiger charge is 2.03. The predicted octanol–water partition coefficient (Wildman–Crippen LogP) is 2.25. The first-order valence-corrected chi connectivity index (χ1v) is 6.85. The van der Waals surface area contributed by atoms with Crippen LogP contribution in [-0.4, -0.2) is 35.5 Å². The van der Waals surface area contributed by atoms with Crippen LogP contribution in [0.25, 0.3) is 0 Å². The van der Waals surface area contributed by atoms with E-state index < -0.39 is 0 Å². The standard InChI is InChI=1S/C13H18N4S/c1-14-13-9-15-11(8-16-13)10-17(2)6-5-12-4-3-7-18-12/h3-4,7-9H,5-6,10H2,1-2H3,(H,14,16). The molecule has 2 rings (SSSR count). The van der Waals surface area contributed by atoms with Crippen LogP contribution in [-0.2, 0) is 13.0 Å². The molecule has 1 N–H and O–H groups in total. The highest BCUT2D eigenvalue weighted by Crippen LogP contribution is 2.10. The van der Waals surface area contributed by atoms with E-state index in [1.54, 1.807) is 6.20 Å². The zero-order valence-electron chi connectivity index (χ0n) is 10.8. The Bertz CT molecular complexity index is 452. The van der Waals surface area contributed by atoms with Crippen molar-refractivity contribution in [1.29, 1.82) is 0 Å². The van der Waals surface area contributed by atoms with E-state index in [0.29, 0.717) is 0 Å². The Hall–Kier alpha value is -1.46. The Kier molecular flexibility index (Phi) is 4.66. The molecule has 0 aliphatic heterocycles. The van der Waals surface area contributed by atoms with Gasteiger partial charge in [-0.25, -0.2) is 4.98 Å². The van der Waals surface area contributed by atoms with Gasteiger partial charge in [0.2, 0.25) is 0 Å². The van der Waals surface area contributed by atoms with Crippen LogP contribution in [0.5, 0.6) is 0 Å². The van der Waals surface area contributed by atoms with Crippen LogP contribution in [0.15, 0.2) is 29.9 Å². The number of likely N-dealkylation sites (N-methyl/N-ethyl adjacent to an activating group) is 1. The van der Waals surface area contributed by atoms with Gasteiger partial charge in [-0.05, 0) is 24.9 Å². The fourth-order valence-electron chi connectivity index (χ4n) is 1.68. The van der Waals surface area contributed by atoms with Crippen molar-refractivity contribution in [2.45, 2.75) is 13.0 Å². The van der Waals surface area contributed by atoms with E-state index in [9.17, 15) is 0 Å². The third-order valence-electron chi connectivity index (χ3n) is 2.71. The SMILES string of the molecule is CNc1cnc(CN(C)CCc2cccs2)cn1. The van der Waals surface area contributed by atoms with Gasteiger partial charge in [-0.3, -0.25) is 4.98 Å². The minimum atomic E-state index is 0.806. The highest BCUT2D eigenvalue weighted by molar-refractivity contribution is 7.09. The topological polar surface area (TPSA) is 41.1 Å². The van der Waals surface area contributed by atoms with Crippen molar-refractivity contribution >= 4 is 17.2 Å². The first-order valence-electron chi connectivity index (χ1n) is 5.97. The third-order valence-corrected chi connectivity index (χ3v) is 3.65. The molecule has 0 aliphatic carbocycles. The fraction of sp³-hybridized carbons (Fsp3) is 0.385. The second kappa shape index (κ2) is 6.47. The van der Waals surface area contributed by atoms with E-state index in [4.69, 9.17) is 0 Å². The molecule has 96 valence electrons. The molecule has 0 unspecified atom stereocenters. The average molecular weight is 262 g/mol. The van der Waals surface area contributed by atoms with E-state index in [-0.39, 0.29) is 0 Å². The number of nitrogens with zero attached hydrogens (tertiary/aromatic N) is 3. The Morgan fingerprint density at radius 2 is 2.22 bits per heavy atom. The lowest BCUT2D eigenvalue weighted by molar-refractivity contribution is 0.327. The monoisotopic (exact) mass is 262 g/mol. The molecule has 0 amide bonds. The molecule has 0 atom stereocenters. The molecule has 0 aliphatic rings. The van der Waals surface area contributed by atoms with Crippen LogP contribution in [0.4, 0.5) is 5.82 Å². The molecule has 2 aromatic rings. The summed E-state index contributed by atoms with van der Waals surface area (Å²) in [4.78, 5) is 12.3. The van der Waals surface area contributed by atoms with Crippen LogP contribution in [0, 0.1) is 0 Å². The molecule has 0 spiro atoms. The Labute approximate surface area is 112 Å². The number of anilines is 1. The zero-order valence-corrected chi connectivity index (χ0v) is 11.6. The number of thiophene rings is 1. The molecule has 0 aromatic carbocycles. The van der Waals surface area contributed by atoms with E-state index in [2.05, 4.69) is 44.7 Å². The lowest BCUT2D eigenvalue weighted by atomic mass is 10.3. The molecule has 2 aromatic heterocycles. The molecule has 0 saturated heterocycles. The van der Waals surface area contributed by atoms with Gasteiger partial charge in [0.25, 0.3) is 0 Å². The quantitative estimate of drug-likeness (QED) is 0.867. The summed E-state index contributed by atoms with van der Waals surface area (Å²) in [5.41, 5.74) is 1.00. The summed E-state index contributed by atoms with van der Waals surface area (Å²) in [7, 11) is 3.96. The van der Waals surface area contributed by atoms with Crippen LogP contribution in [0.1, 0.15) is 10.6 Å². The molecule has 5 heteroatoms. The van der Waals surface area contributed by atoms with E-state index in [0.717, 1.165) is 31.0 Å². The van der Waals surface area contributed by atoms with Crippen molar-refractivity contribution in [3.05, 3.63) is 40.5 Å². The molecule has 0 saturated carbocycles. The number of hydrogen-bond acceptors (Lipinski definition) is 5. The van der Waals surface area contributed by atoms with Crippen LogP contribution >= 0.6 is 11.3 Å². The minimum Gasteiger partial charge on any atom is -0.372 e. The second-order valence-corrected chi connectivity index (χ2v) is 5.24. The summed E-state index contributed by atoms with van der Waals surface area (Å²) in [6.45, 7) is 1.87. The van der Waals surface area contributed by atoms with Gasteiger partial charge < -0.3 is 10.2 Å². The molecular formula is C13H18N4S. The Morgan fingerprint density at radius 1 is 1.33 bits per heavy atom. The summed E-state index contributed by atoms with van der Waals surface area (Å²) in [6, 6.07) is 4.28. The summed E-state index contributed by atoms with van der Waals surface area (Å²) >= 11 is 1.81. The van der Waals surface area contributed by atoms with Crippen LogP contribution < -0.4 is 5.32 Å². The maximum Gasteiger partial charge on any atom is 0.144 e. The Morgan fingerprint density at radius 3 is 2.83 bits per heavy atom. The van der Waals surface area contributed by atoms with Gasteiger partial charge >= 0.3 is 0 Å².